The lowest BCUT2D eigenvalue weighted by Crippen LogP contribution is -1.95. The Bertz CT molecular complexity index is 675. The molecule has 0 fully saturated rings. The number of hydrogen-bond donors (Lipinski definition) is 1. The Labute approximate surface area is 106 Å². The van der Waals surface area contributed by atoms with E-state index in [1.807, 2.05) is 36.4 Å². The fourth-order valence-electron chi connectivity index (χ4n) is 1.80. The molecule has 0 spiro atoms. The van der Waals surface area contributed by atoms with E-state index in [2.05, 4.69) is 34.3 Å². The van der Waals surface area contributed by atoms with E-state index in [0.29, 0.717) is 0 Å². The van der Waals surface area contributed by atoms with Crippen molar-refractivity contribution >= 4 is 22.5 Å². The molecule has 18 heavy (non-hydrogen) atoms. The lowest BCUT2D eigenvalue weighted by Gasteiger charge is -2.06. The van der Waals surface area contributed by atoms with Crippen LogP contribution >= 0.6 is 0 Å². The van der Waals surface area contributed by atoms with Crippen molar-refractivity contribution < 1.29 is 0 Å². The Kier molecular flexibility index (Phi) is 2.65. The van der Waals surface area contributed by atoms with Gasteiger partial charge < -0.3 is 5.32 Å². The van der Waals surface area contributed by atoms with Crippen LogP contribution in [0.1, 0.15) is 5.56 Å². The van der Waals surface area contributed by atoms with E-state index in [1.165, 1.54) is 5.56 Å². The van der Waals surface area contributed by atoms with Crippen LogP contribution in [0.5, 0.6) is 0 Å². The minimum absolute atomic E-state index is 0.762. The van der Waals surface area contributed by atoms with Crippen LogP contribution < -0.4 is 5.32 Å². The normalized spacial score (nSPS) is 10.5. The maximum Gasteiger partial charge on any atom is 0.149 e. The summed E-state index contributed by atoms with van der Waals surface area (Å²) in [6.45, 7) is 2.07. The van der Waals surface area contributed by atoms with Crippen molar-refractivity contribution in [2.75, 3.05) is 5.32 Å². The first-order valence-electron chi connectivity index (χ1n) is 5.87. The molecule has 1 heterocycles. The van der Waals surface area contributed by atoms with Gasteiger partial charge in [-0.15, -0.1) is 0 Å². The second kappa shape index (κ2) is 4.45. The quantitative estimate of drug-likeness (QED) is 0.736. The summed E-state index contributed by atoms with van der Waals surface area (Å²) in [7, 11) is 0. The van der Waals surface area contributed by atoms with Crippen LogP contribution in [0.3, 0.4) is 0 Å². The Morgan fingerprint density at radius 1 is 0.889 bits per heavy atom. The van der Waals surface area contributed by atoms with E-state index >= 15 is 0 Å². The fraction of sp³-hybridized carbons (Fsp3) is 0.0667. The first-order chi connectivity index (χ1) is 8.81. The highest BCUT2D eigenvalue weighted by Crippen LogP contribution is 2.17. The maximum absolute atomic E-state index is 4.52. The number of rotatable bonds is 2. The minimum atomic E-state index is 0.762. The minimum Gasteiger partial charge on any atom is -0.339 e. The van der Waals surface area contributed by atoms with Gasteiger partial charge in [0.25, 0.3) is 0 Å². The van der Waals surface area contributed by atoms with Gasteiger partial charge in [0.05, 0.1) is 17.2 Å². The largest absolute Gasteiger partial charge is 0.339 e. The number of benzene rings is 2. The molecule has 3 nitrogen and oxygen atoms in total. The Hall–Kier alpha value is -2.42. The van der Waals surface area contributed by atoms with Crippen LogP contribution in [0.2, 0.25) is 0 Å². The molecule has 1 N–H and O–H groups in total. The predicted molar refractivity (Wildman–Crippen MR) is 74.0 cm³/mol. The highest BCUT2D eigenvalue weighted by Gasteiger charge is 1.99. The van der Waals surface area contributed by atoms with Crippen molar-refractivity contribution in [2.45, 2.75) is 6.92 Å². The lowest BCUT2D eigenvalue weighted by atomic mass is 10.2. The van der Waals surface area contributed by atoms with Crippen LogP contribution in [0.25, 0.3) is 11.0 Å². The van der Waals surface area contributed by atoms with Gasteiger partial charge in [-0.1, -0.05) is 29.8 Å². The third-order valence-corrected chi connectivity index (χ3v) is 2.77. The van der Waals surface area contributed by atoms with Crippen molar-refractivity contribution in [1.29, 1.82) is 0 Å². The second-order valence-electron chi connectivity index (χ2n) is 4.23. The van der Waals surface area contributed by atoms with Crippen LogP contribution in [-0.4, -0.2) is 9.97 Å². The van der Waals surface area contributed by atoms with Gasteiger partial charge in [-0.25, -0.2) is 4.98 Å². The van der Waals surface area contributed by atoms with E-state index in [9.17, 15) is 0 Å². The maximum atomic E-state index is 4.52. The monoisotopic (exact) mass is 235 g/mol. The molecule has 88 valence electrons. The van der Waals surface area contributed by atoms with Crippen molar-refractivity contribution in [3.05, 3.63) is 60.3 Å². The number of aromatic nitrogens is 2. The first kappa shape index (κ1) is 10.7. The van der Waals surface area contributed by atoms with E-state index in [-0.39, 0.29) is 0 Å². The third-order valence-electron chi connectivity index (χ3n) is 2.77. The zero-order valence-corrected chi connectivity index (χ0v) is 10.1. The summed E-state index contributed by atoms with van der Waals surface area (Å²) in [5.74, 6) is 0.762. The summed E-state index contributed by atoms with van der Waals surface area (Å²) in [5, 5.41) is 3.25. The number of aryl methyl sites for hydroxylation is 1. The van der Waals surface area contributed by atoms with Gasteiger partial charge in [-0.05, 0) is 31.2 Å². The molecule has 0 radical (unpaired) electrons. The fourth-order valence-corrected chi connectivity index (χ4v) is 1.80. The zero-order chi connectivity index (χ0) is 12.4. The summed E-state index contributed by atoms with van der Waals surface area (Å²) in [5.41, 5.74) is 4.07. The molecule has 2 aromatic carbocycles. The smallest absolute Gasteiger partial charge is 0.149 e. The number of nitrogens with zero attached hydrogens (tertiary/aromatic N) is 2. The summed E-state index contributed by atoms with van der Waals surface area (Å²) < 4.78 is 0. The Morgan fingerprint density at radius 2 is 1.61 bits per heavy atom. The second-order valence-corrected chi connectivity index (χ2v) is 4.23. The molecule has 0 amide bonds. The summed E-state index contributed by atoms with van der Waals surface area (Å²) in [6.07, 6.45) is 1.75. The van der Waals surface area contributed by atoms with Crippen molar-refractivity contribution in [1.82, 2.24) is 9.97 Å². The lowest BCUT2D eigenvalue weighted by molar-refractivity contribution is 1.28. The molecule has 0 aliphatic rings. The first-order valence-corrected chi connectivity index (χ1v) is 5.87. The highest BCUT2D eigenvalue weighted by atomic mass is 15.0. The predicted octanol–water partition coefficient (Wildman–Crippen LogP) is 3.68. The van der Waals surface area contributed by atoms with Crippen LogP contribution in [0.15, 0.2) is 54.7 Å². The SMILES string of the molecule is Cc1ccc(Nc2cnc3ccccc3n2)cc1. The van der Waals surface area contributed by atoms with Crippen LogP contribution in [0, 0.1) is 6.92 Å². The molecule has 0 aliphatic heterocycles. The topological polar surface area (TPSA) is 37.8 Å². The number of para-hydroxylation sites is 2. The van der Waals surface area contributed by atoms with Gasteiger partial charge in [0.15, 0.2) is 0 Å². The highest BCUT2D eigenvalue weighted by molar-refractivity contribution is 5.76. The van der Waals surface area contributed by atoms with Crippen molar-refractivity contribution in [3.8, 4) is 0 Å². The van der Waals surface area contributed by atoms with E-state index in [0.717, 1.165) is 22.5 Å². The van der Waals surface area contributed by atoms with Gasteiger partial charge in [0, 0.05) is 5.69 Å². The van der Waals surface area contributed by atoms with Crippen molar-refractivity contribution in [3.63, 3.8) is 0 Å². The van der Waals surface area contributed by atoms with Gasteiger partial charge in [-0.3, -0.25) is 4.98 Å². The number of anilines is 2. The third kappa shape index (κ3) is 2.15. The van der Waals surface area contributed by atoms with Gasteiger partial charge in [-0.2, -0.15) is 0 Å². The average molecular weight is 235 g/mol. The molecule has 3 heteroatoms. The standard InChI is InChI=1S/C15H13N3/c1-11-6-8-12(9-7-11)17-15-10-16-13-4-2-3-5-14(13)18-15/h2-10H,1H3,(H,17,18). The molecule has 0 atom stereocenters. The molecule has 1 aromatic heterocycles. The zero-order valence-electron chi connectivity index (χ0n) is 10.1. The van der Waals surface area contributed by atoms with Gasteiger partial charge in [0.2, 0.25) is 0 Å². The van der Waals surface area contributed by atoms with Crippen molar-refractivity contribution in [2.24, 2.45) is 0 Å². The summed E-state index contributed by atoms with van der Waals surface area (Å²) in [4.78, 5) is 8.89. The Balaban J connectivity index is 1.92. The van der Waals surface area contributed by atoms with E-state index in [4.69, 9.17) is 0 Å². The summed E-state index contributed by atoms with van der Waals surface area (Å²) >= 11 is 0. The number of fused-ring (bicyclic) bond motifs is 1. The summed E-state index contributed by atoms with van der Waals surface area (Å²) in [6, 6.07) is 16.0. The average Bonchev–Trinajstić information content (AvgIpc) is 2.41. The molecular formula is C15H13N3. The molecule has 3 aromatic rings. The van der Waals surface area contributed by atoms with Gasteiger partial charge >= 0.3 is 0 Å². The molecule has 0 unspecified atom stereocenters. The molecule has 3 rings (SSSR count). The molecule has 0 saturated heterocycles. The van der Waals surface area contributed by atoms with Gasteiger partial charge in [0.1, 0.15) is 5.82 Å². The molecular weight excluding hydrogens is 222 g/mol. The Morgan fingerprint density at radius 3 is 2.39 bits per heavy atom. The van der Waals surface area contributed by atoms with E-state index < -0.39 is 0 Å². The molecule has 0 saturated carbocycles. The number of hydrogen-bond acceptors (Lipinski definition) is 3. The van der Waals surface area contributed by atoms with E-state index in [1.54, 1.807) is 6.20 Å². The molecule has 0 aliphatic carbocycles. The molecule has 0 bridgehead atoms. The van der Waals surface area contributed by atoms with Crippen LogP contribution in [0.4, 0.5) is 11.5 Å². The number of nitrogens with one attached hydrogen (secondary N) is 1. The van der Waals surface area contributed by atoms with Crippen LogP contribution in [-0.2, 0) is 0 Å².